The molecular weight excluding hydrogens is 463 g/mol. The molecule has 8 nitrogen and oxygen atoms in total. The largest absolute Gasteiger partial charge is 0.480 e. The summed E-state index contributed by atoms with van der Waals surface area (Å²) >= 11 is 0.969. The summed E-state index contributed by atoms with van der Waals surface area (Å²) in [7, 11) is 0. The number of halogens is 3. The first-order valence-electron chi connectivity index (χ1n) is 10.2. The molecule has 2 rings (SSSR count). The van der Waals surface area contributed by atoms with Crippen LogP contribution in [0, 0.1) is 23.4 Å². The molecule has 0 aliphatic carbocycles. The number of nitrogens with two attached hydrogens (primary N) is 1. The standard InChI is InChI=1S/C21H26F3N3O5S/c1-10(9-33-11(2)28)20(30)27-8-14(6-18(27)21(31)32)26-19(29)5-13(25)3-12-4-16(23)17(24)7-15(12)22/h4,7,10,13-14,18H,3,5-6,8-9,25H2,1-2H3,(H,26,29)(H,31,32)/t10-,13-,14+,18+/m1/s1. The van der Waals surface area contributed by atoms with Crippen molar-refractivity contribution in [3.05, 3.63) is 35.1 Å². The number of rotatable bonds is 9. The van der Waals surface area contributed by atoms with Crippen molar-refractivity contribution < 1.29 is 37.5 Å². The second-order valence-electron chi connectivity index (χ2n) is 8.07. The summed E-state index contributed by atoms with van der Waals surface area (Å²) in [4.78, 5) is 49.0. The molecule has 4 N–H and O–H groups in total. The van der Waals surface area contributed by atoms with Gasteiger partial charge in [0, 0.05) is 56.1 Å². The Morgan fingerprint density at radius 2 is 1.85 bits per heavy atom. The molecule has 182 valence electrons. The summed E-state index contributed by atoms with van der Waals surface area (Å²) in [5.74, 6) is -6.10. The van der Waals surface area contributed by atoms with Crippen LogP contribution in [0.25, 0.3) is 0 Å². The number of nitrogens with one attached hydrogen (secondary N) is 1. The van der Waals surface area contributed by atoms with Crippen LogP contribution in [0.5, 0.6) is 0 Å². The van der Waals surface area contributed by atoms with Crippen molar-refractivity contribution >= 4 is 34.7 Å². The van der Waals surface area contributed by atoms with E-state index in [1.54, 1.807) is 6.92 Å². The van der Waals surface area contributed by atoms with Crippen molar-refractivity contribution in [2.45, 2.75) is 51.2 Å². The Hall–Kier alpha value is -2.60. The first kappa shape index (κ1) is 26.7. The van der Waals surface area contributed by atoms with Crippen molar-refractivity contribution in [2.24, 2.45) is 11.7 Å². The first-order valence-corrected chi connectivity index (χ1v) is 11.2. The van der Waals surface area contributed by atoms with Crippen LogP contribution in [0.4, 0.5) is 13.2 Å². The lowest BCUT2D eigenvalue weighted by molar-refractivity contribution is -0.149. The van der Waals surface area contributed by atoms with E-state index in [9.17, 15) is 37.5 Å². The lowest BCUT2D eigenvalue weighted by atomic mass is 10.0. The maximum Gasteiger partial charge on any atom is 0.326 e. The molecular formula is C21H26F3N3O5S. The number of benzene rings is 1. The topological polar surface area (TPSA) is 130 Å². The molecule has 0 unspecified atom stereocenters. The highest BCUT2D eigenvalue weighted by Crippen LogP contribution is 2.23. The first-order chi connectivity index (χ1) is 15.4. The molecule has 1 aliphatic heterocycles. The highest BCUT2D eigenvalue weighted by molar-refractivity contribution is 8.13. The Labute approximate surface area is 193 Å². The van der Waals surface area contributed by atoms with E-state index in [0.717, 1.165) is 11.8 Å². The molecule has 0 saturated carbocycles. The molecule has 2 amide bonds. The second kappa shape index (κ2) is 11.5. The number of aliphatic carboxylic acids is 1. The van der Waals surface area contributed by atoms with Crippen LogP contribution in [0.3, 0.4) is 0 Å². The molecule has 0 bridgehead atoms. The smallest absolute Gasteiger partial charge is 0.326 e. The van der Waals surface area contributed by atoms with Crippen LogP contribution in [0.1, 0.15) is 32.3 Å². The Morgan fingerprint density at radius 1 is 1.21 bits per heavy atom. The zero-order valence-corrected chi connectivity index (χ0v) is 19.0. The number of amides is 2. The van der Waals surface area contributed by atoms with Crippen molar-refractivity contribution in [2.75, 3.05) is 12.3 Å². The average Bonchev–Trinajstić information content (AvgIpc) is 3.13. The fourth-order valence-electron chi connectivity index (χ4n) is 3.61. The van der Waals surface area contributed by atoms with Gasteiger partial charge in [-0.3, -0.25) is 14.4 Å². The van der Waals surface area contributed by atoms with Crippen LogP contribution < -0.4 is 11.1 Å². The summed E-state index contributed by atoms with van der Waals surface area (Å²) < 4.78 is 40.2. The molecule has 1 aliphatic rings. The van der Waals surface area contributed by atoms with Crippen LogP contribution in [0.2, 0.25) is 0 Å². The van der Waals surface area contributed by atoms with E-state index in [1.807, 2.05) is 0 Å². The summed E-state index contributed by atoms with van der Waals surface area (Å²) in [6, 6.07) is -1.57. The van der Waals surface area contributed by atoms with Crippen LogP contribution >= 0.6 is 11.8 Å². The van der Waals surface area contributed by atoms with Gasteiger partial charge in [-0.2, -0.15) is 0 Å². The maximum atomic E-state index is 13.8. The molecule has 0 spiro atoms. The van der Waals surface area contributed by atoms with Crippen molar-refractivity contribution in [1.82, 2.24) is 10.2 Å². The molecule has 1 aromatic carbocycles. The molecule has 33 heavy (non-hydrogen) atoms. The normalized spacial score (nSPS) is 19.8. The number of carbonyl (C=O) groups excluding carboxylic acids is 3. The van der Waals surface area contributed by atoms with Crippen LogP contribution in [-0.4, -0.2) is 63.3 Å². The summed E-state index contributed by atoms with van der Waals surface area (Å²) in [6.45, 7) is 2.94. The van der Waals surface area contributed by atoms with Gasteiger partial charge < -0.3 is 21.1 Å². The van der Waals surface area contributed by atoms with Gasteiger partial charge >= 0.3 is 5.97 Å². The fourth-order valence-corrected chi connectivity index (χ4v) is 4.24. The Morgan fingerprint density at radius 3 is 2.45 bits per heavy atom. The zero-order valence-electron chi connectivity index (χ0n) is 18.1. The summed E-state index contributed by atoms with van der Waals surface area (Å²) in [6.07, 6.45) is -0.493. The summed E-state index contributed by atoms with van der Waals surface area (Å²) in [5, 5.41) is 12.0. The third kappa shape index (κ3) is 7.46. The van der Waals surface area contributed by atoms with E-state index in [-0.39, 0.29) is 42.2 Å². The predicted octanol–water partition coefficient (Wildman–Crippen LogP) is 1.45. The highest BCUT2D eigenvalue weighted by Gasteiger charge is 2.41. The van der Waals surface area contributed by atoms with E-state index in [0.29, 0.717) is 12.1 Å². The quantitative estimate of drug-likeness (QED) is 0.448. The van der Waals surface area contributed by atoms with E-state index in [2.05, 4.69) is 5.32 Å². The molecule has 4 atom stereocenters. The van der Waals surface area contributed by atoms with E-state index >= 15 is 0 Å². The van der Waals surface area contributed by atoms with Crippen molar-refractivity contribution in [1.29, 1.82) is 0 Å². The molecule has 0 radical (unpaired) electrons. The van der Waals surface area contributed by atoms with Gasteiger partial charge in [-0.25, -0.2) is 18.0 Å². The molecule has 12 heteroatoms. The van der Waals surface area contributed by atoms with Gasteiger partial charge in [-0.1, -0.05) is 18.7 Å². The van der Waals surface area contributed by atoms with Gasteiger partial charge in [0.1, 0.15) is 11.9 Å². The SMILES string of the molecule is CC(=O)SC[C@@H](C)C(=O)N1C[C@@H](NC(=O)C[C@H](N)Cc2cc(F)c(F)cc2F)C[C@H]1C(=O)O. The van der Waals surface area contributed by atoms with Gasteiger partial charge in [-0.15, -0.1) is 0 Å². The number of likely N-dealkylation sites (tertiary alicyclic amines) is 1. The molecule has 1 fully saturated rings. The minimum atomic E-state index is -1.33. The van der Waals surface area contributed by atoms with Gasteiger partial charge in [0.2, 0.25) is 11.8 Å². The third-order valence-corrected chi connectivity index (χ3v) is 6.28. The molecule has 1 aromatic rings. The van der Waals surface area contributed by atoms with E-state index in [1.165, 1.54) is 11.8 Å². The minimum absolute atomic E-state index is 0.00752. The lowest BCUT2D eigenvalue weighted by Gasteiger charge is -2.24. The monoisotopic (exact) mass is 489 g/mol. The van der Waals surface area contributed by atoms with Crippen molar-refractivity contribution in [3.8, 4) is 0 Å². The number of carboxylic acids is 1. The number of nitrogens with zero attached hydrogens (tertiary/aromatic N) is 1. The Bertz CT molecular complexity index is 933. The van der Waals surface area contributed by atoms with Crippen molar-refractivity contribution in [3.63, 3.8) is 0 Å². The van der Waals surface area contributed by atoms with Gasteiger partial charge in [0.05, 0.1) is 0 Å². The highest BCUT2D eigenvalue weighted by atomic mass is 32.2. The fraction of sp³-hybridized carbons (Fsp3) is 0.524. The van der Waals surface area contributed by atoms with Crippen LogP contribution in [0.15, 0.2) is 12.1 Å². The number of hydrogen-bond acceptors (Lipinski definition) is 6. The maximum absolute atomic E-state index is 13.8. The number of thioether (sulfide) groups is 1. The van der Waals surface area contributed by atoms with Gasteiger partial charge in [0.15, 0.2) is 16.7 Å². The third-order valence-electron chi connectivity index (χ3n) is 5.21. The number of carboxylic acid groups (broad SMARTS) is 1. The Balaban J connectivity index is 1.94. The zero-order chi connectivity index (χ0) is 24.9. The average molecular weight is 490 g/mol. The summed E-state index contributed by atoms with van der Waals surface area (Å²) in [5.41, 5.74) is 5.68. The minimum Gasteiger partial charge on any atom is -0.480 e. The Kier molecular flexibility index (Phi) is 9.29. The van der Waals surface area contributed by atoms with E-state index < -0.39 is 59.3 Å². The lowest BCUT2D eigenvalue weighted by Crippen LogP contribution is -2.44. The van der Waals surface area contributed by atoms with Gasteiger partial charge in [0.25, 0.3) is 0 Å². The predicted molar refractivity (Wildman–Crippen MR) is 115 cm³/mol. The van der Waals surface area contributed by atoms with Crippen LogP contribution in [-0.2, 0) is 25.6 Å². The van der Waals surface area contributed by atoms with E-state index in [4.69, 9.17) is 5.73 Å². The molecule has 1 saturated heterocycles. The number of hydrogen-bond donors (Lipinski definition) is 3. The molecule has 1 heterocycles. The number of carbonyl (C=O) groups is 4. The molecule has 0 aromatic heterocycles. The second-order valence-corrected chi connectivity index (χ2v) is 9.27. The van der Waals surface area contributed by atoms with Gasteiger partial charge in [-0.05, 0) is 18.1 Å².